The number of aryl methyl sites for hydroxylation is 1. The highest BCUT2D eigenvalue weighted by molar-refractivity contribution is 9.10. The Kier molecular flexibility index (Phi) is 6.69. The third-order valence-electron chi connectivity index (χ3n) is 2.26. The van der Waals surface area contributed by atoms with Crippen LogP contribution in [0, 0.1) is 0 Å². The summed E-state index contributed by atoms with van der Waals surface area (Å²) in [7, 11) is 0. The van der Waals surface area contributed by atoms with E-state index in [2.05, 4.69) is 34.1 Å². The first-order valence-electron chi connectivity index (χ1n) is 5.74. The van der Waals surface area contributed by atoms with Crippen LogP contribution in [0.2, 0.25) is 0 Å². The zero-order valence-corrected chi connectivity index (χ0v) is 11.5. The van der Waals surface area contributed by atoms with E-state index in [-0.39, 0.29) is 6.29 Å². The van der Waals surface area contributed by atoms with Gasteiger partial charge in [-0.25, -0.2) is 0 Å². The maximum Gasteiger partial charge on any atom is 0.157 e. The summed E-state index contributed by atoms with van der Waals surface area (Å²) < 4.78 is 12.1. The topological polar surface area (TPSA) is 18.5 Å². The predicted octanol–water partition coefficient (Wildman–Crippen LogP) is 3.78. The second-order valence-corrected chi connectivity index (χ2v) is 4.42. The molecule has 1 aromatic rings. The largest absolute Gasteiger partial charge is 0.353 e. The fourth-order valence-electron chi connectivity index (χ4n) is 1.56. The minimum atomic E-state index is -0.0750. The summed E-state index contributed by atoms with van der Waals surface area (Å²) in [5.74, 6) is 0. The molecule has 0 spiro atoms. The van der Waals surface area contributed by atoms with Crippen molar-refractivity contribution in [2.24, 2.45) is 0 Å². The molecule has 0 atom stereocenters. The molecule has 0 N–H and O–H groups in total. The lowest BCUT2D eigenvalue weighted by Gasteiger charge is -2.16. The van der Waals surface area contributed by atoms with Gasteiger partial charge in [0.05, 0.1) is 0 Å². The molecule has 2 nitrogen and oxygen atoms in total. The second kappa shape index (κ2) is 7.82. The van der Waals surface area contributed by atoms with Crippen LogP contribution >= 0.6 is 15.9 Å². The molecule has 0 amide bonds. The van der Waals surface area contributed by atoms with Crippen molar-refractivity contribution in [3.05, 3.63) is 34.3 Å². The monoisotopic (exact) mass is 286 g/mol. The van der Waals surface area contributed by atoms with E-state index in [0.29, 0.717) is 13.2 Å². The van der Waals surface area contributed by atoms with Crippen molar-refractivity contribution in [2.45, 2.75) is 33.0 Å². The van der Waals surface area contributed by atoms with Gasteiger partial charge < -0.3 is 9.47 Å². The molecule has 0 fully saturated rings. The molecule has 0 aliphatic rings. The van der Waals surface area contributed by atoms with E-state index in [4.69, 9.17) is 9.47 Å². The summed E-state index contributed by atoms with van der Waals surface area (Å²) >= 11 is 3.47. The molecule has 1 rings (SSSR count). The first-order chi connectivity index (χ1) is 7.76. The van der Waals surface area contributed by atoms with Gasteiger partial charge in [0.15, 0.2) is 6.29 Å². The quantitative estimate of drug-likeness (QED) is 0.710. The van der Waals surface area contributed by atoms with Crippen LogP contribution in [0.4, 0.5) is 0 Å². The highest BCUT2D eigenvalue weighted by Gasteiger charge is 2.07. The first-order valence-corrected chi connectivity index (χ1v) is 6.53. The van der Waals surface area contributed by atoms with Crippen LogP contribution in [-0.2, 0) is 15.9 Å². The SMILES string of the molecule is CCOC(CCc1cccc(Br)c1)OCC. The Morgan fingerprint density at radius 2 is 1.88 bits per heavy atom. The van der Waals surface area contributed by atoms with Crippen molar-refractivity contribution in [3.63, 3.8) is 0 Å². The first kappa shape index (κ1) is 13.7. The molecule has 0 aliphatic heterocycles. The van der Waals surface area contributed by atoms with Crippen LogP contribution in [0.25, 0.3) is 0 Å². The van der Waals surface area contributed by atoms with Gasteiger partial charge in [-0.2, -0.15) is 0 Å². The molecule has 0 unspecified atom stereocenters. The summed E-state index contributed by atoms with van der Waals surface area (Å²) in [5, 5.41) is 0. The molecule has 1 aromatic carbocycles. The Morgan fingerprint density at radius 3 is 2.44 bits per heavy atom. The number of halogens is 1. The normalized spacial score (nSPS) is 11.0. The average molecular weight is 287 g/mol. The Labute approximate surface area is 106 Å². The van der Waals surface area contributed by atoms with Crippen molar-refractivity contribution < 1.29 is 9.47 Å². The second-order valence-electron chi connectivity index (χ2n) is 3.51. The Balaban J connectivity index is 2.41. The van der Waals surface area contributed by atoms with E-state index < -0.39 is 0 Å². The third kappa shape index (κ3) is 5.10. The number of hydrogen-bond acceptors (Lipinski definition) is 2. The molecule has 16 heavy (non-hydrogen) atoms. The number of rotatable bonds is 7. The fraction of sp³-hybridized carbons (Fsp3) is 0.538. The number of ether oxygens (including phenoxy) is 2. The van der Waals surface area contributed by atoms with Gasteiger partial charge >= 0.3 is 0 Å². The van der Waals surface area contributed by atoms with Crippen LogP contribution in [0.5, 0.6) is 0 Å². The van der Waals surface area contributed by atoms with Crippen LogP contribution in [0.15, 0.2) is 28.7 Å². The van der Waals surface area contributed by atoms with E-state index in [1.807, 2.05) is 19.9 Å². The van der Waals surface area contributed by atoms with E-state index >= 15 is 0 Å². The average Bonchev–Trinajstić information content (AvgIpc) is 2.27. The van der Waals surface area contributed by atoms with Crippen molar-refractivity contribution >= 4 is 15.9 Å². The van der Waals surface area contributed by atoms with Crippen molar-refractivity contribution in [2.75, 3.05) is 13.2 Å². The predicted molar refractivity (Wildman–Crippen MR) is 69.5 cm³/mol. The Bertz CT molecular complexity index is 296. The summed E-state index contributed by atoms with van der Waals surface area (Å²) in [4.78, 5) is 0. The zero-order chi connectivity index (χ0) is 11.8. The minimum Gasteiger partial charge on any atom is -0.353 e. The van der Waals surface area contributed by atoms with Gasteiger partial charge in [0.1, 0.15) is 0 Å². The maximum absolute atomic E-state index is 5.50. The minimum absolute atomic E-state index is 0.0750. The molecule has 90 valence electrons. The van der Waals surface area contributed by atoms with Crippen molar-refractivity contribution in [3.8, 4) is 0 Å². The summed E-state index contributed by atoms with van der Waals surface area (Å²) in [5.41, 5.74) is 1.30. The molecule has 0 aromatic heterocycles. The molecule has 0 aliphatic carbocycles. The van der Waals surface area contributed by atoms with E-state index in [9.17, 15) is 0 Å². The zero-order valence-electron chi connectivity index (χ0n) is 9.91. The van der Waals surface area contributed by atoms with Crippen molar-refractivity contribution in [1.82, 2.24) is 0 Å². The maximum atomic E-state index is 5.50. The summed E-state index contributed by atoms with van der Waals surface area (Å²) in [6, 6.07) is 8.34. The van der Waals surface area contributed by atoms with Gasteiger partial charge in [-0.1, -0.05) is 28.1 Å². The molecule has 0 saturated carbocycles. The molecule has 0 heterocycles. The van der Waals surface area contributed by atoms with Crippen molar-refractivity contribution in [1.29, 1.82) is 0 Å². The standard InChI is InChI=1S/C13H19BrO2/c1-3-15-13(16-4-2)9-8-11-6-5-7-12(14)10-11/h5-7,10,13H,3-4,8-9H2,1-2H3. The highest BCUT2D eigenvalue weighted by atomic mass is 79.9. The van der Waals surface area contributed by atoms with Gasteiger partial charge in [0.2, 0.25) is 0 Å². The molecular formula is C13H19BrO2. The van der Waals surface area contributed by atoms with E-state index in [0.717, 1.165) is 17.3 Å². The number of benzene rings is 1. The summed E-state index contributed by atoms with van der Waals surface area (Å²) in [6.45, 7) is 5.38. The lowest BCUT2D eigenvalue weighted by Crippen LogP contribution is -2.18. The van der Waals surface area contributed by atoms with Crippen LogP contribution in [-0.4, -0.2) is 19.5 Å². The van der Waals surface area contributed by atoms with E-state index in [1.165, 1.54) is 5.56 Å². The highest BCUT2D eigenvalue weighted by Crippen LogP contribution is 2.14. The molecular weight excluding hydrogens is 268 g/mol. The van der Waals surface area contributed by atoms with Crippen LogP contribution in [0.3, 0.4) is 0 Å². The third-order valence-corrected chi connectivity index (χ3v) is 2.76. The summed E-state index contributed by atoms with van der Waals surface area (Å²) in [6.07, 6.45) is 1.80. The van der Waals surface area contributed by atoms with Gasteiger partial charge in [-0.3, -0.25) is 0 Å². The molecule has 0 radical (unpaired) electrons. The smallest absolute Gasteiger partial charge is 0.157 e. The van der Waals surface area contributed by atoms with Gasteiger partial charge in [0.25, 0.3) is 0 Å². The van der Waals surface area contributed by atoms with Crippen LogP contribution in [0.1, 0.15) is 25.8 Å². The molecule has 0 saturated heterocycles. The van der Waals surface area contributed by atoms with Gasteiger partial charge in [-0.05, 0) is 38.0 Å². The Hall–Kier alpha value is -0.380. The molecule has 0 bridgehead atoms. The Morgan fingerprint density at radius 1 is 1.19 bits per heavy atom. The van der Waals surface area contributed by atoms with E-state index in [1.54, 1.807) is 0 Å². The van der Waals surface area contributed by atoms with Gasteiger partial charge in [-0.15, -0.1) is 0 Å². The fourth-order valence-corrected chi connectivity index (χ4v) is 2.01. The van der Waals surface area contributed by atoms with Crippen LogP contribution < -0.4 is 0 Å². The van der Waals surface area contributed by atoms with Gasteiger partial charge in [0, 0.05) is 24.1 Å². The number of hydrogen-bond donors (Lipinski definition) is 0. The molecule has 3 heteroatoms. The lowest BCUT2D eigenvalue weighted by molar-refractivity contribution is -0.139. The lowest BCUT2D eigenvalue weighted by atomic mass is 10.1.